The van der Waals surface area contributed by atoms with Crippen LogP contribution >= 0.6 is 0 Å². The second-order valence-electron chi connectivity index (χ2n) is 6.91. The Balaban J connectivity index is 1.99. The van der Waals surface area contributed by atoms with Gasteiger partial charge in [-0.05, 0) is 18.4 Å². The van der Waals surface area contributed by atoms with Gasteiger partial charge in [0.15, 0.2) is 0 Å². The van der Waals surface area contributed by atoms with Gasteiger partial charge in [-0.25, -0.2) is 4.68 Å². The number of nitrogens with zero attached hydrogens (tertiary/aromatic N) is 3. The van der Waals surface area contributed by atoms with E-state index in [-0.39, 0.29) is 23.2 Å². The molecule has 0 bridgehead atoms. The molecule has 0 aromatic carbocycles. The highest BCUT2D eigenvalue weighted by Gasteiger charge is 2.23. The van der Waals surface area contributed by atoms with Crippen molar-refractivity contribution in [2.75, 3.05) is 46.6 Å². The third kappa shape index (κ3) is 6.19. The van der Waals surface area contributed by atoms with E-state index in [1.807, 2.05) is 0 Å². The molecule has 1 N–H and O–H groups in total. The lowest BCUT2D eigenvalue weighted by atomic mass is 10.0. The zero-order chi connectivity index (χ0) is 18.9. The number of morpholine rings is 1. The topological polar surface area (TPSA) is 85.7 Å². The van der Waals surface area contributed by atoms with E-state index in [1.165, 1.54) is 16.8 Å². The van der Waals surface area contributed by atoms with Gasteiger partial charge in [0, 0.05) is 38.9 Å². The Morgan fingerprint density at radius 3 is 2.73 bits per heavy atom. The molecular weight excluding hydrogens is 336 g/mol. The smallest absolute Gasteiger partial charge is 0.271 e. The summed E-state index contributed by atoms with van der Waals surface area (Å²) in [5, 5.41) is 7.11. The van der Waals surface area contributed by atoms with E-state index in [2.05, 4.69) is 29.2 Å². The van der Waals surface area contributed by atoms with Crippen molar-refractivity contribution in [3.05, 3.63) is 28.2 Å². The zero-order valence-corrected chi connectivity index (χ0v) is 15.9. The average molecular weight is 366 g/mol. The Labute approximate surface area is 154 Å². The van der Waals surface area contributed by atoms with Gasteiger partial charge in [0.1, 0.15) is 5.69 Å². The first-order valence-corrected chi connectivity index (χ1v) is 9.18. The number of rotatable bonds is 9. The molecule has 26 heavy (non-hydrogen) atoms. The van der Waals surface area contributed by atoms with Gasteiger partial charge in [-0.15, -0.1) is 0 Å². The standard InChI is InChI=1S/C18H30N4O4/c1-14(2)12-15(21-6-10-26-11-7-21)13-19-18(24)16-4-5-17(23)22(20-16)8-9-25-3/h4-5,14-15H,6-13H2,1-3H3,(H,19,24)/t15-/m1/s1. The maximum atomic E-state index is 12.5. The normalized spacial score (nSPS) is 16.6. The molecule has 1 amide bonds. The summed E-state index contributed by atoms with van der Waals surface area (Å²) in [4.78, 5) is 26.7. The SMILES string of the molecule is COCCn1nc(C(=O)NC[C@@H](CC(C)C)N2CCOCC2)ccc1=O. The van der Waals surface area contributed by atoms with Crippen LogP contribution in [0.2, 0.25) is 0 Å². The van der Waals surface area contributed by atoms with Crippen LogP contribution in [0.3, 0.4) is 0 Å². The van der Waals surface area contributed by atoms with Gasteiger partial charge in [0.2, 0.25) is 0 Å². The molecule has 146 valence electrons. The summed E-state index contributed by atoms with van der Waals surface area (Å²) in [6.07, 6.45) is 1.00. The largest absolute Gasteiger partial charge is 0.383 e. The lowest BCUT2D eigenvalue weighted by Gasteiger charge is -2.35. The monoisotopic (exact) mass is 366 g/mol. The average Bonchev–Trinajstić information content (AvgIpc) is 2.64. The number of hydrogen-bond acceptors (Lipinski definition) is 6. The van der Waals surface area contributed by atoms with E-state index in [1.54, 1.807) is 7.11 Å². The molecule has 0 aliphatic carbocycles. The maximum absolute atomic E-state index is 12.5. The van der Waals surface area contributed by atoms with Crippen LogP contribution in [0.5, 0.6) is 0 Å². The first-order chi connectivity index (χ1) is 12.5. The Hall–Kier alpha value is -1.77. The first kappa shape index (κ1) is 20.5. The minimum Gasteiger partial charge on any atom is -0.383 e. The van der Waals surface area contributed by atoms with Crippen LogP contribution in [0.15, 0.2) is 16.9 Å². The number of methoxy groups -OCH3 is 1. The van der Waals surface area contributed by atoms with Gasteiger partial charge < -0.3 is 14.8 Å². The van der Waals surface area contributed by atoms with Crippen LogP contribution in [0.1, 0.15) is 30.8 Å². The molecule has 0 radical (unpaired) electrons. The molecule has 1 saturated heterocycles. The number of nitrogens with one attached hydrogen (secondary N) is 1. The molecule has 0 unspecified atom stereocenters. The number of carbonyl (C=O) groups excluding carboxylic acids is 1. The van der Waals surface area contributed by atoms with Gasteiger partial charge in [0.05, 0.1) is 26.4 Å². The molecule has 1 aromatic heterocycles. The summed E-state index contributed by atoms with van der Waals surface area (Å²) >= 11 is 0. The third-order valence-electron chi connectivity index (χ3n) is 4.41. The molecule has 8 nitrogen and oxygen atoms in total. The van der Waals surface area contributed by atoms with Crippen molar-refractivity contribution in [1.82, 2.24) is 20.0 Å². The van der Waals surface area contributed by atoms with Crippen LogP contribution < -0.4 is 10.9 Å². The molecule has 0 spiro atoms. The number of hydrogen-bond donors (Lipinski definition) is 1. The van der Waals surface area contributed by atoms with Crippen LogP contribution in [0, 0.1) is 5.92 Å². The molecule has 2 heterocycles. The molecule has 1 atom stereocenters. The lowest BCUT2D eigenvalue weighted by Crippen LogP contribution is -2.49. The van der Waals surface area contributed by atoms with Crippen molar-refractivity contribution in [2.24, 2.45) is 5.92 Å². The van der Waals surface area contributed by atoms with Crippen molar-refractivity contribution >= 4 is 5.91 Å². The first-order valence-electron chi connectivity index (χ1n) is 9.18. The maximum Gasteiger partial charge on any atom is 0.271 e. The highest BCUT2D eigenvalue weighted by atomic mass is 16.5. The van der Waals surface area contributed by atoms with E-state index in [4.69, 9.17) is 9.47 Å². The molecule has 1 aliphatic rings. The highest BCUT2D eigenvalue weighted by molar-refractivity contribution is 5.92. The number of ether oxygens (including phenoxy) is 2. The van der Waals surface area contributed by atoms with Crippen LogP contribution in [-0.4, -0.2) is 73.2 Å². The number of aromatic nitrogens is 2. The van der Waals surface area contributed by atoms with Crippen LogP contribution in [-0.2, 0) is 16.0 Å². The van der Waals surface area contributed by atoms with Crippen molar-refractivity contribution in [2.45, 2.75) is 32.9 Å². The summed E-state index contributed by atoms with van der Waals surface area (Å²) in [7, 11) is 1.56. The predicted molar refractivity (Wildman–Crippen MR) is 98.3 cm³/mol. The summed E-state index contributed by atoms with van der Waals surface area (Å²) in [6, 6.07) is 3.10. The molecule has 1 aromatic rings. The van der Waals surface area contributed by atoms with E-state index in [9.17, 15) is 9.59 Å². The van der Waals surface area contributed by atoms with E-state index < -0.39 is 0 Å². The van der Waals surface area contributed by atoms with Crippen LogP contribution in [0.4, 0.5) is 0 Å². The zero-order valence-electron chi connectivity index (χ0n) is 15.9. The second-order valence-corrected chi connectivity index (χ2v) is 6.91. The highest BCUT2D eigenvalue weighted by Crippen LogP contribution is 2.13. The van der Waals surface area contributed by atoms with E-state index in [0.717, 1.165) is 32.7 Å². The van der Waals surface area contributed by atoms with Crippen molar-refractivity contribution in [3.8, 4) is 0 Å². The number of carbonyl (C=O) groups is 1. The molecule has 8 heteroatoms. The van der Waals surface area contributed by atoms with Crippen molar-refractivity contribution in [1.29, 1.82) is 0 Å². The van der Waals surface area contributed by atoms with Crippen LogP contribution in [0.25, 0.3) is 0 Å². The number of amides is 1. The summed E-state index contributed by atoms with van der Waals surface area (Å²) in [6.45, 7) is 8.83. The minimum absolute atomic E-state index is 0.242. The Morgan fingerprint density at radius 1 is 1.35 bits per heavy atom. The molecule has 2 rings (SSSR count). The Morgan fingerprint density at radius 2 is 2.08 bits per heavy atom. The minimum atomic E-state index is -0.266. The fourth-order valence-corrected chi connectivity index (χ4v) is 3.06. The summed E-state index contributed by atoms with van der Waals surface area (Å²) in [5.41, 5.74) is -0.00409. The molecule has 0 saturated carbocycles. The van der Waals surface area contributed by atoms with Gasteiger partial charge in [0.25, 0.3) is 11.5 Å². The van der Waals surface area contributed by atoms with Crippen molar-refractivity contribution < 1.29 is 14.3 Å². The predicted octanol–water partition coefficient (Wildman–Crippen LogP) is 0.366. The van der Waals surface area contributed by atoms with E-state index >= 15 is 0 Å². The van der Waals surface area contributed by atoms with Gasteiger partial charge in [-0.2, -0.15) is 5.10 Å². The van der Waals surface area contributed by atoms with E-state index in [0.29, 0.717) is 25.6 Å². The second kappa shape index (κ2) is 10.4. The molecular formula is C18H30N4O4. The Bertz CT molecular complexity index is 626. The summed E-state index contributed by atoms with van der Waals surface area (Å²) in [5.74, 6) is 0.270. The summed E-state index contributed by atoms with van der Waals surface area (Å²) < 4.78 is 11.6. The lowest BCUT2D eigenvalue weighted by molar-refractivity contribution is 0.0124. The van der Waals surface area contributed by atoms with Gasteiger partial charge >= 0.3 is 0 Å². The van der Waals surface area contributed by atoms with Gasteiger partial charge in [-0.3, -0.25) is 14.5 Å². The molecule has 1 aliphatic heterocycles. The fraction of sp³-hybridized carbons (Fsp3) is 0.722. The third-order valence-corrected chi connectivity index (χ3v) is 4.41. The fourth-order valence-electron chi connectivity index (χ4n) is 3.06. The van der Waals surface area contributed by atoms with Gasteiger partial charge in [-0.1, -0.05) is 13.8 Å². The quantitative estimate of drug-likeness (QED) is 0.679. The van der Waals surface area contributed by atoms with Crippen molar-refractivity contribution in [3.63, 3.8) is 0 Å². The molecule has 1 fully saturated rings. The Kier molecular flexibility index (Phi) is 8.21.